The summed E-state index contributed by atoms with van der Waals surface area (Å²) >= 11 is 7.76. The van der Waals surface area contributed by atoms with E-state index in [4.69, 9.17) is 4.74 Å². The molecule has 2 rings (SSSR count). The Morgan fingerprint density at radius 1 is 1.47 bits per heavy atom. The number of carbonyl (C=O) groups is 1. The van der Waals surface area contributed by atoms with Crippen LogP contribution >= 0.6 is 28.6 Å². The Labute approximate surface area is 127 Å². The number of carbonyl (C=O) groups excluding carboxylic acids is 1. The first-order valence-electron chi connectivity index (χ1n) is 6.38. The highest BCUT2D eigenvalue weighted by atomic mass is 79.9. The summed E-state index contributed by atoms with van der Waals surface area (Å²) < 4.78 is 6.11. The molecule has 1 amide bonds. The molecule has 1 aromatic rings. The second-order valence-corrected chi connectivity index (χ2v) is 6.25. The van der Waals surface area contributed by atoms with Gasteiger partial charge in [-0.3, -0.25) is 4.79 Å². The van der Waals surface area contributed by atoms with Gasteiger partial charge in [0, 0.05) is 36.2 Å². The number of thiol groups is 1. The number of likely N-dealkylation sites (tertiary alicyclic amines) is 1. The molecule has 0 aromatic heterocycles. The van der Waals surface area contributed by atoms with Crippen LogP contribution in [0.15, 0.2) is 27.6 Å². The van der Waals surface area contributed by atoms with Crippen LogP contribution in [0.1, 0.15) is 23.2 Å². The average molecular weight is 344 g/mol. The molecule has 1 aliphatic rings. The van der Waals surface area contributed by atoms with E-state index in [9.17, 15) is 4.79 Å². The SMILES string of the molecule is COCC1CCN(C(=O)c2ccc(Br)cc2S)CC1. The van der Waals surface area contributed by atoms with Crippen molar-refractivity contribution >= 4 is 34.5 Å². The average Bonchev–Trinajstić information content (AvgIpc) is 2.39. The minimum absolute atomic E-state index is 0.0772. The van der Waals surface area contributed by atoms with Gasteiger partial charge in [-0.05, 0) is 37.0 Å². The van der Waals surface area contributed by atoms with Crippen LogP contribution < -0.4 is 0 Å². The van der Waals surface area contributed by atoms with Gasteiger partial charge in [0.05, 0.1) is 5.56 Å². The molecule has 19 heavy (non-hydrogen) atoms. The van der Waals surface area contributed by atoms with E-state index in [0.717, 1.165) is 41.9 Å². The zero-order chi connectivity index (χ0) is 13.8. The highest BCUT2D eigenvalue weighted by Crippen LogP contribution is 2.24. The van der Waals surface area contributed by atoms with Crippen molar-refractivity contribution in [2.24, 2.45) is 5.92 Å². The van der Waals surface area contributed by atoms with Gasteiger partial charge in [0.2, 0.25) is 0 Å². The van der Waals surface area contributed by atoms with Gasteiger partial charge in [-0.15, -0.1) is 12.6 Å². The standard InChI is InChI=1S/C14H18BrNO2S/c1-18-9-10-4-6-16(7-5-10)14(17)12-3-2-11(15)8-13(12)19/h2-3,8,10,19H,4-7,9H2,1H3. The van der Waals surface area contributed by atoms with Crippen molar-refractivity contribution in [2.75, 3.05) is 26.8 Å². The molecule has 1 aliphatic heterocycles. The third-order valence-corrected chi connectivity index (χ3v) is 4.36. The lowest BCUT2D eigenvalue weighted by molar-refractivity contribution is 0.0610. The van der Waals surface area contributed by atoms with Crippen molar-refractivity contribution in [1.82, 2.24) is 4.90 Å². The maximum atomic E-state index is 12.4. The molecule has 5 heteroatoms. The quantitative estimate of drug-likeness (QED) is 0.853. The van der Waals surface area contributed by atoms with Crippen molar-refractivity contribution < 1.29 is 9.53 Å². The van der Waals surface area contributed by atoms with Crippen molar-refractivity contribution in [3.63, 3.8) is 0 Å². The van der Waals surface area contributed by atoms with Crippen molar-refractivity contribution in [3.8, 4) is 0 Å². The molecule has 1 aromatic carbocycles. The lowest BCUT2D eigenvalue weighted by Crippen LogP contribution is -2.39. The van der Waals surface area contributed by atoms with Gasteiger partial charge < -0.3 is 9.64 Å². The number of hydrogen-bond acceptors (Lipinski definition) is 3. The molecular weight excluding hydrogens is 326 g/mol. The fourth-order valence-electron chi connectivity index (χ4n) is 2.39. The first kappa shape index (κ1) is 14.9. The van der Waals surface area contributed by atoms with Gasteiger partial charge >= 0.3 is 0 Å². The molecule has 0 aliphatic carbocycles. The van der Waals surface area contributed by atoms with Gasteiger partial charge in [0.25, 0.3) is 5.91 Å². The molecule has 104 valence electrons. The van der Waals surface area contributed by atoms with E-state index in [2.05, 4.69) is 28.6 Å². The second-order valence-electron chi connectivity index (χ2n) is 4.85. The number of rotatable bonds is 3. The number of halogens is 1. The first-order chi connectivity index (χ1) is 9.11. The number of amides is 1. The number of piperidine rings is 1. The Kier molecular flexibility index (Phi) is 5.30. The normalized spacial score (nSPS) is 16.7. The van der Waals surface area contributed by atoms with Crippen molar-refractivity contribution in [2.45, 2.75) is 17.7 Å². The molecule has 0 spiro atoms. The Bertz CT molecular complexity index is 459. The fourth-order valence-corrected chi connectivity index (χ4v) is 3.24. The van der Waals surface area contributed by atoms with E-state index in [1.807, 2.05) is 23.1 Å². The summed E-state index contributed by atoms with van der Waals surface area (Å²) in [6, 6.07) is 5.56. The van der Waals surface area contributed by atoms with Gasteiger partial charge in [-0.2, -0.15) is 0 Å². The third-order valence-electron chi connectivity index (χ3n) is 3.49. The molecule has 0 unspecified atom stereocenters. The summed E-state index contributed by atoms with van der Waals surface area (Å²) in [7, 11) is 1.73. The summed E-state index contributed by atoms with van der Waals surface area (Å²) in [6.07, 6.45) is 2.02. The fraction of sp³-hybridized carbons (Fsp3) is 0.500. The summed E-state index contributed by atoms with van der Waals surface area (Å²) in [6.45, 7) is 2.39. The lowest BCUT2D eigenvalue weighted by Gasteiger charge is -2.32. The van der Waals surface area contributed by atoms with E-state index in [0.29, 0.717) is 11.5 Å². The molecule has 0 radical (unpaired) electrons. The zero-order valence-electron chi connectivity index (χ0n) is 10.9. The second kappa shape index (κ2) is 6.77. The van der Waals surface area contributed by atoms with Gasteiger partial charge in [-0.25, -0.2) is 0 Å². The molecule has 1 fully saturated rings. The molecule has 3 nitrogen and oxygen atoms in total. The summed E-state index contributed by atoms with van der Waals surface area (Å²) in [5.41, 5.74) is 0.678. The smallest absolute Gasteiger partial charge is 0.254 e. The lowest BCUT2D eigenvalue weighted by atomic mass is 9.97. The van der Waals surface area contributed by atoms with E-state index in [-0.39, 0.29) is 5.91 Å². The van der Waals surface area contributed by atoms with Crippen LogP contribution in [0.2, 0.25) is 0 Å². The van der Waals surface area contributed by atoms with Crippen LogP contribution in [-0.2, 0) is 4.74 Å². The van der Waals surface area contributed by atoms with Crippen LogP contribution in [0.3, 0.4) is 0 Å². The Morgan fingerprint density at radius 2 is 2.16 bits per heavy atom. The summed E-state index contributed by atoms with van der Waals surface area (Å²) in [5, 5.41) is 0. The van der Waals surface area contributed by atoms with Crippen LogP contribution in [-0.4, -0.2) is 37.6 Å². The van der Waals surface area contributed by atoms with Crippen molar-refractivity contribution in [3.05, 3.63) is 28.2 Å². The number of nitrogens with zero attached hydrogens (tertiary/aromatic N) is 1. The predicted octanol–water partition coefficient (Wildman–Crippen LogP) is 3.24. The van der Waals surface area contributed by atoms with E-state index < -0.39 is 0 Å². The molecule has 0 saturated carbocycles. The van der Waals surface area contributed by atoms with Gasteiger partial charge in [-0.1, -0.05) is 15.9 Å². The molecule has 1 saturated heterocycles. The Hall–Kier alpha value is -0.520. The molecule has 1 heterocycles. The molecular formula is C14H18BrNO2S. The molecule has 0 bridgehead atoms. The number of methoxy groups -OCH3 is 1. The summed E-state index contributed by atoms with van der Waals surface area (Å²) in [5.74, 6) is 0.655. The zero-order valence-corrected chi connectivity index (χ0v) is 13.4. The first-order valence-corrected chi connectivity index (χ1v) is 7.62. The number of hydrogen-bond donors (Lipinski definition) is 1. The van der Waals surface area contributed by atoms with Crippen LogP contribution in [0.25, 0.3) is 0 Å². The number of benzene rings is 1. The van der Waals surface area contributed by atoms with Crippen LogP contribution in [0.4, 0.5) is 0 Å². The Morgan fingerprint density at radius 3 is 2.74 bits per heavy atom. The predicted molar refractivity (Wildman–Crippen MR) is 81.9 cm³/mol. The third kappa shape index (κ3) is 3.74. The van der Waals surface area contributed by atoms with E-state index in [1.54, 1.807) is 7.11 Å². The minimum atomic E-state index is 0.0772. The molecule has 0 N–H and O–H groups in total. The maximum absolute atomic E-state index is 12.4. The topological polar surface area (TPSA) is 29.5 Å². The molecule has 0 atom stereocenters. The monoisotopic (exact) mass is 343 g/mol. The largest absolute Gasteiger partial charge is 0.384 e. The highest BCUT2D eigenvalue weighted by molar-refractivity contribution is 9.10. The minimum Gasteiger partial charge on any atom is -0.384 e. The Balaban J connectivity index is 2.01. The maximum Gasteiger partial charge on any atom is 0.254 e. The van der Waals surface area contributed by atoms with Crippen LogP contribution in [0, 0.1) is 5.92 Å². The van der Waals surface area contributed by atoms with Crippen LogP contribution in [0.5, 0.6) is 0 Å². The van der Waals surface area contributed by atoms with Crippen molar-refractivity contribution in [1.29, 1.82) is 0 Å². The highest BCUT2D eigenvalue weighted by Gasteiger charge is 2.24. The van der Waals surface area contributed by atoms with Gasteiger partial charge in [0.1, 0.15) is 0 Å². The summed E-state index contributed by atoms with van der Waals surface area (Å²) in [4.78, 5) is 15.1. The van der Waals surface area contributed by atoms with E-state index >= 15 is 0 Å². The van der Waals surface area contributed by atoms with E-state index in [1.165, 1.54) is 0 Å². The van der Waals surface area contributed by atoms with Gasteiger partial charge in [0.15, 0.2) is 0 Å². The number of ether oxygens (including phenoxy) is 1.